The third kappa shape index (κ3) is 1.93. The van der Waals surface area contributed by atoms with Gasteiger partial charge in [-0.15, -0.1) is 5.10 Å². The molecule has 2 aromatic heterocycles. The zero-order valence-corrected chi connectivity index (χ0v) is 9.63. The molecule has 3 heterocycles. The summed E-state index contributed by atoms with van der Waals surface area (Å²) in [4.78, 5) is 3.99. The van der Waals surface area contributed by atoms with Crippen molar-refractivity contribution in [3.05, 3.63) is 12.4 Å². The predicted octanol–water partition coefficient (Wildman–Crippen LogP) is -0.882. The summed E-state index contributed by atoms with van der Waals surface area (Å²) in [6.07, 6.45) is 3.71. The normalized spacial score (nSPS) is 22.9. The number of anilines is 1. The van der Waals surface area contributed by atoms with E-state index in [1.807, 2.05) is 0 Å². The minimum Gasteiger partial charge on any atom is -0.365 e. The van der Waals surface area contributed by atoms with Crippen molar-refractivity contribution in [3.8, 4) is 0 Å². The molecule has 1 aliphatic rings. The summed E-state index contributed by atoms with van der Waals surface area (Å²) in [5, 5.41) is 14.2. The van der Waals surface area contributed by atoms with Gasteiger partial charge in [0, 0.05) is 6.04 Å². The van der Waals surface area contributed by atoms with E-state index in [9.17, 15) is 8.42 Å². The molecule has 2 aromatic rings. The molecule has 1 unspecified atom stereocenters. The third-order valence-electron chi connectivity index (χ3n) is 2.69. The van der Waals surface area contributed by atoms with E-state index in [4.69, 9.17) is 0 Å². The Labute approximate surface area is 97.0 Å². The van der Waals surface area contributed by atoms with Gasteiger partial charge in [0.1, 0.15) is 0 Å². The number of hydrogen-bond acceptors (Lipinski definition) is 7. The molecule has 1 atom stereocenters. The molecule has 0 aromatic carbocycles. The average Bonchev–Trinajstić information content (AvgIpc) is 2.85. The Hall–Kier alpha value is -1.77. The van der Waals surface area contributed by atoms with Crippen LogP contribution in [0.15, 0.2) is 12.4 Å². The zero-order valence-electron chi connectivity index (χ0n) is 8.81. The molecular weight excluding hydrogens is 244 g/mol. The molecule has 0 bridgehead atoms. The SMILES string of the molecule is O=S1(=O)CCC(Nc2cncc3nnnn23)C1. The summed E-state index contributed by atoms with van der Waals surface area (Å²) < 4.78 is 24.2. The van der Waals surface area contributed by atoms with Crippen LogP contribution in [-0.4, -0.2) is 51.0 Å². The summed E-state index contributed by atoms with van der Waals surface area (Å²) in [6.45, 7) is 0. The van der Waals surface area contributed by atoms with E-state index in [2.05, 4.69) is 25.8 Å². The van der Waals surface area contributed by atoms with Crippen molar-refractivity contribution < 1.29 is 8.42 Å². The second-order valence-corrected chi connectivity index (χ2v) is 6.21. The molecule has 0 saturated carbocycles. The number of hydrogen-bond donors (Lipinski definition) is 1. The van der Waals surface area contributed by atoms with Gasteiger partial charge in [-0.1, -0.05) is 0 Å². The number of fused-ring (bicyclic) bond motifs is 1. The van der Waals surface area contributed by atoms with Crippen LogP contribution < -0.4 is 5.32 Å². The molecule has 0 amide bonds. The molecule has 17 heavy (non-hydrogen) atoms. The van der Waals surface area contributed by atoms with E-state index in [-0.39, 0.29) is 17.5 Å². The number of rotatable bonds is 2. The number of aromatic nitrogens is 5. The van der Waals surface area contributed by atoms with Crippen molar-refractivity contribution in [2.45, 2.75) is 12.5 Å². The van der Waals surface area contributed by atoms with E-state index in [0.717, 1.165) is 0 Å². The first kappa shape index (κ1) is 10.4. The lowest BCUT2D eigenvalue weighted by Gasteiger charge is -2.11. The van der Waals surface area contributed by atoms with Crippen LogP contribution in [0.1, 0.15) is 6.42 Å². The molecule has 3 rings (SSSR count). The molecule has 1 saturated heterocycles. The minimum absolute atomic E-state index is 0.100. The van der Waals surface area contributed by atoms with E-state index >= 15 is 0 Å². The molecular formula is C8H10N6O2S. The largest absolute Gasteiger partial charge is 0.365 e. The second kappa shape index (κ2) is 3.62. The van der Waals surface area contributed by atoms with Crippen LogP contribution in [0.4, 0.5) is 5.82 Å². The molecule has 8 nitrogen and oxygen atoms in total. The lowest BCUT2D eigenvalue weighted by atomic mass is 10.3. The van der Waals surface area contributed by atoms with Gasteiger partial charge in [0.05, 0.1) is 23.9 Å². The maximum atomic E-state index is 11.3. The molecule has 0 radical (unpaired) electrons. The summed E-state index contributed by atoms with van der Waals surface area (Å²) in [5.74, 6) is 0.976. The summed E-state index contributed by atoms with van der Waals surface area (Å²) in [6, 6.07) is -0.100. The first-order valence-corrected chi connectivity index (χ1v) is 6.95. The third-order valence-corrected chi connectivity index (χ3v) is 4.46. The number of sulfone groups is 1. The van der Waals surface area contributed by atoms with Gasteiger partial charge in [0.15, 0.2) is 21.3 Å². The van der Waals surface area contributed by atoms with Crippen LogP contribution in [-0.2, 0) is 9.84 Å². The van der Waals surface area contributed by atoms with Crippen LogP contribution in [0.25, 0.3) is 5.65 Å². The number of nitrogens with one attached hydrogen (secondary N) is 1. The molecule has 0 spiro atoms. The molecule has 9 heteroatoms. The highest BCUT2D eigenvalue weighted by atomic mass is 32.2. The van der Waals surface area contributed by atoms with E-state index in [1.165, 1.54) is 10.7 Å². The first-order chi connectivity index (χ1) is 8.14. The van der Waals surface area contributed by atoms with Gasteiger partial charge in [-0.05, 0) is 16.8 Å². The van der Waals surface area contributed by atoms with E-state index in [0.29, 0.717) is 17.9 Å². The van der Waals surface area contributed by atoms with Gasteiger partial charge in [-0.3, -0.25) is 4.98 Å². The van der Waals surface area contributed by atoms with Crippen LogP contribution >= 0.6 is 0 Å². The van der Waals surface area contributed by atoms with Gasteiger partial charge in [-0.2, -0.15) is 4.52 Å². The number of tetrazole rings is 1. The van der Waals surface area contributed by atoms with Crippen LogP contribution in [0, 0.1) is 0 Å². The van der Waals surface area contributed by atoms with Gasteiger partial charge in [-0.25, -0.2) is 8.42 Å². The van der Waals surface area contributed by atoms with Crippen molar-refractivity contribution in [2.75, 3.05) is 16.8 Å². The van der Waals surface area contributed by atoms with Gasteiger partial charge in [0.25, 0.3) is 0 Å². The maximum absolute atomic E-state index is 11.3. The predicted molar refractivity (Wildman–Crippen MR) is 59.3 cm³/mol. The first-order valence-electron chi connectivity index (χ1n) is 5.13. The number of nitrogens with zero attached hydrogens (tertiary/aromatic N) is 5. The molecule has 1 aliphatic heterocycles. The quantitative estimate of drug-likeness (QED) is 0.742. The Kier molecular flexibility index (Phi) is 2.21. The van der Waals surface area contributed by atoms with Crippen molar-refractivity contribution in [3.63, 3.8) is 0 Å². The molecule has 1 N–H and O–H groups in total. The average molecular weight is 254 g/mol. The summed E-state index contributed by atoms with van der Waals surface area (Å²) >= 11 is 0. The topological polar surface area (TPSA) is 102 Å². The highest BCUT2D eigenvalue weighted by molar-refractivity contribution is 7.91. The van der Waals surface area contributed by atoms with E-state index < -0.39 is 9.84 Å². The Bertz CT molecular complexity index is 651. The van der Waals surface area contributed by atoms with Gasteiger partial charge in [0.2, 0.25) is 0 Å². The monoisotopic (exact) mass is 254 g/mol. The fourth-order valence-corrected chi connectivity index (χ4v) is 3.57. The fourth-order valence-electron chi connectivity index (χ4n) is 1.89. The Morgan fingerprint density at radius 3 is 3.06 bits per heavy atom. The van der Waals surface area contributed by atoms with Crippen LogP contribution in [0.2, 0.25) is 0 Å². The van der Waals surface area contributed by atoms with Crippen LogP contribution in [0.5, 0.6) is 0 Å². The van der Waals surface area contributed by atoms with Gasteiger partial charge < -0.3 is 5.32 Å². The van der Waals surface area contributed by atoms with Gasteiger partial charge >= 0.3 is 0 Å². The summed E-state index contributed by atoms with van der Waals surface area (Å²) in [5.41, 5.74) is 0.524. The molecule has 90 valence electrons. The fraction of sp³-hybridized carbons (Fsp3) is 0.500. The van der Waals surface area contributed by atoms with Crippen molar-refractivity contribution in [1.29, 1.82) is 0 Å². The molecule has 1 fully saturated rings. The highest BCUT2D eigenvalue weighted by Gasteiger charge is 2.28. The lowest BCUT2D eigenvalue weighted by Crippen LogP contribution is -2.22. The minimum atomic E-state index is -2.90. The summed E-state index contributed by atoms with van der Waals surface area (Å²) in [7, 11) is -2.90. The van der Waals surface area contributed by atoms with Crippen molar-refractivity contribution >= 4 is 21.3 Å². The van der Waals surface area contributed by atoms with Crippen molar-refractivity contribution in [2.24, 2.45) is 0 Å². The van der Waals surface area contributed by atoms with E-state index in [1.54, 1.807) is 6.20 Å². The standard InChI is InChI=1S/C8H10N6O2S/c15-17(16)2-1-6(5-17)10-7-3-9-4-8-11-12-13-14(7)8/h3-4,6,10H,1-2,5H2. The lowest BCUT2D eigenvalue weighted by molar-refractivity contribution is 0.602. The maximum Gasteiger partial charge on any atom is 0.199 e. The Balaban J connectivity index is 1.88. The Morgan fingerprint density at radius 2 is 2.29 bits per heavy atom. The zero-order chi connectivity index (χ0) is 11.9. The van der Waals surface area contributed by atoms with Crippen molar-refractivity contribution in [1.82, 2.24) is 25.0 Å². The second-order valence-electron chi connectivity index (χ2n) is 3.99. The molecule has 0 aliphatic carbocycles. The highest BCUT2D eigenvalue weighted by Crippen LogP contribution is 2.16. The van der Waals surface area contributed by atoms with Crippen LogP contribution in [0.3, 0.4) is 0 Å². The smallest absolute Gasteiger partial charge is 0.199 e. The Morgan fingerprint density at radius 1 is 1.41 bits per heavy atom.